The van der Waals surface area contributed by atoms with E-state index in [-0.39, 0.29) is 29.2 Å². The first-order valence-corrected chi connectivity index (χ1v) is 10.5. The van der Waals surface area contributed by atoms with Gasteiger partial charge in [-0.15, -0.1) is 0 Å². The fourth-order valence-corrected chi connectivity index (χ4v) is 5.11. The average molecular weight is 384 g/mol. The Morgan fingerprint density at radius 3 is 2.35 bits per heavy atom. The third-order valence-electron chi connectivity index (χ3n) is 4.97. The summed E-state index contributed by atoms with van der Waals surface area (Å²) in [6, 6.07) is 6.24. The predicted octanol–water partition coefficient (Wildman–Crippen LogP) is 2.34. The molecule has 146 valence electrons. The van der Waals surface area contributed by atoms with E-state index in [2.05, 4.69) is 0 Å². The highest BCUT2D eigenvalue weighted by molar-refractivity contribution is 7.89. The number of hydrogen-bond donors (Lipinski definition) is 1. The zero-order chi connectivity index (χ0) is 19.6. The second kappa shape index (κ2) is 8.17. The number of carbonyl (C=O) groups excluding carboxylic acids is 1. The molecule has 7 heteroatoms. The van der Waals surface area contributed by atoms with Crippen molar-refractivity contribution in [2.45, 2.75) is 64.3 Å². The van der Waals surface area contributed by atoms with E-state index < -0.39 is 28.3 Å². The van der Waals surface area contributed by atoms with Crippen LogP contribution < -0.4 is 0 Å². The van der Waals surface area contributed by atoms with E-state index in [1.807, 2.05) is 13.8 Å². The van der Waals surface area contributed by atoms with Crippen LogP contribution >= 0.6 is 0 Å². The van der Waals surface area contributed by atoms with E-state index in [1.54, 1.807) is 38.1 Å². The third-order valence-corrected chi connectivity index (χ3v) is 6.89. The molecule has 2 rings (SSSR count). The summed E-state index contributed by atoms with van der Waals surface area (Å²) in [6.45, 7) is 8.95. The van der Waals surface area contributed by atoms with Crippen molar-refractivity contribution in [1.82, 2.24) is 4.31 Å². The maximum Gasteiger partial charge on any atom is 0.245 e. The Balaban J connectivity index is 2.49. The van der Waals surface area contributed by atoms with Crippen LogP contribution in [0.25, 0.3) is 0 Å². The minimum atomic E-state index is -3.86. The van der Waals surface area contributed by atoms with Crippen molar-refractivity contribution < 1.29 is 23.1 Å². The van der Waals surface area contributed by atoms with Crippen LogP contribution in [0.5, 0.6) is 0 Å². The number of ketones is 1. The van der Waals surface area contributed by atoms with Crippen LogP contribution in [-0.4, -0.2) is 48.6 Å². The van der Waals surface area contributed by atoms with Crippen molar-refractivity contribution in [3.8, 4) is 0 Å². The number of aliphatic hydroxyl groups is 1. The summed E-state index contributed by atoms with van der Waals surface area (Å²) in [5, 5.41) is 10.5. The van der Waals surface area contributed by atoms with Crippen LogP contribution in [0.4, 0.5) is 0 Å². The number of ether oxygens (including phenoxy) is 1. The molecular weight excluding hydrogens is 354 g/mol. The molecule has 1 saturated heterocycles. The first-order valence-electron chi connectivity index (χ1n) is 9.01. The zero-order valence-electron chi connectivity index (χ0n) is 16.0. The molecule has 4 atom stereocenters. The van der Waals surface area contributed by atoms with Gasteiger partial charge in [-0.3, -0.25) is 4.79 Å². The van der Waals surface area contributed by atoms with Gasteiger partial charge in [0, 0.05) is 0 Å². The molecule has 0 bridgehead atoms. The molecule has 26 heavy (non-hydrogen) atoms. The van der Waals surface area contributed by atoms with Gasteiger partial charge in [-0.2, -0.15) is 4.31 Å². The Kier molecular flexibility index (Phi) is 6.60. The topological polar surface area (TPSA) is 83.9 Å². The predicted molar refractivity (Wildman–Crippen MR) is 99.0 cm³/mol. The molecule has 0 radical (unpaired) electrons. The maximum absolute atomic E-state index is 13.3. The summed E-state index contributed by atoms with van der Waals surface area (Å²) >= 11 is 0. The smallest absolute Gasteiger partial charge is 0.245 e. The molecular formula is C19H29NO5S. The normalized spacial score (nSPS) is 24.0. The number of rotatable bonds is 7. The lowest BCUT2D eigenvalue weighted by molar-refractivity contribution is -0.135. The van der Waals surface area contributed by atoms with Gasteiger partial charge in [-0.05, 0) is 38.3 Å². The number of carbonyl (C=O) groups is 1. The van der Waals surface area contributed by atoms with Crippen molar-refractivity contribution in [2.24, 2.45) is 11.8 Å². The van der Waals surface area contributed by atoms with Crippen molar-refractivity contribution >= 4 is 15.8 Å². The zero-order valence-corrected chi connectivity index (χ0v) is 16.9. The monoisotopic (exact) mass is 383 g/mol. The number of hydrogen-bond acceptors (Lipinski definition) is 5. The molecule has 1 aliphatic heterocycles. The summed E-state index contributed by atoms with van der Waals surface area (Å²) in [4.78, 5) is 12.4. The van der Waals surface area contributed by atoms with Gasteiger partial charge in [-0.1, -0.05) is 38.5 Å². The quantitative estimate of drug-likeness (QED) is 0.781. The first-order chi connectivity index (χ1) is 12.1. The molecule has 0 spiro atoms. The number of nitrogens with zero attached hydrogens (tertiary/aromatic N) is 1. The highest BCUT2D eigenvalue weighted by Gasteiger charge is 2.49. The number of aryl methyl sites for hydroxylation is 1. The van der Waals surface area contributed by atoms with Gasteiger partial charge in [0.1, 0.15) is 12.0 Å². The van der Waals surface area contributed by atoms with E-state index >= 15 is 0 Å². The van der Waals surface area contributed by atoms with Crippen molar-refractivity contribution in [3.63, 3.8) is 0 Å². The van der Waals surface area contributed by atoms with Gasteiger partial charge in [0.2, 0.25) is 10.0 Å². The Bertz CT molecular complexity index is 729. The van der Waals surface area contributed by atoms with E-state index in [1.165, 1.54) is 11.2 Å². The molecule has 1 aromatic rings. The standard InChI is InChI=1S/C19H29NO5S/c1-6-15-11-25-19(17(14(5)21)18(22)12(2)3)20(15)26(23,24)16-9-7-13(4)8-10-16/h7-10,12,15,17-19,22H,6,11H2,1-5H3/t15-,17-,18-,19-/m1/s1. The van der Waals surface area contributed by atoms with Crippen LogP contribution in [0.15, 0.2) is 29.2 Å². The fourth-order valence-electron chi connectivity index (χ4n) is 3.31. The summed E-state index contributed by atoms with van der Waals surface area (Å²) < 4.78 is 33.6. The highest BCUT2D eigenvalue weighted by atomic mass is 32.2. The molecule has 0 aliphatic carbocycles. The minimum Gasteiger partial charge on any atom is -0.392 e. The Hall–Kier alpha value is -1.28. The Morgan fingerprint density at radius 1 is 1.31 bits per heavy atom. The summed E-state index contributed by atoms with van der Waals surface area (Å²) in [5.74, 6) is -1.40. The van der Waals surface area contributed by atoms with Crippen molar-refractivity contribution in [2.75, 3.05) is 6.61 Å². The molecule has 1 aromatic carbocycles. The van der Waals surface area contributed by atoms with Crippen LogP contribution in [-0.2, 0) is 19.6 Å². The molecule has 1 heterocycles. The van der Waals surface area contributed by atoms with E-state index in [0.29, 0.717) is 6.42 Å². The largest absolute Gasteiger partial charge is 0.392 e. The Morgan fingerprint density at radius 2 is 1.88 bits per heavy atom. The SMILES string of the molecule is CC[C@@H]1CO[C@H]([C@H](C(C)=O)[C@H](O)C(C)C)N1S(=O)(=O)c1ccc(C)cc1. The van der Waals surface area contributed by atoms with Crippen LogP contribution in [0.1, 0.15) is 39.7 Å². The molecule has 0 unspecified atom stereocenters. The van der Waals surface area contributed by atoms with Crippen LogP contribution in [0.3, 0.4) is 0 Å². The lowest BCUT2D eigenvalue weighted by Gasteiger charge is -2.34. The van der Waals surface area contributed by atoms with Gasteiger partial charge < -0.3 is 9.84 Å². The second-order valence-corrected chi connectivity index (χ2v) is 9.15. The van der Waals surface area contributed by atoms with Crippen LogP contribution in [0, 0.1) is 18.8 Å². The molecule has 0 amide bonds. The van der Waals surface area contributed by atoms with Gasteiger partial charge in [0.25, 0.3) is 0 Å². The van der Waals surface area contributed by atoms with E-state index in [4.69, 9.17) is 4.74 Å². The number of Topliss-reactive ketones (excluding diaryl/α,β-unsaturated/α-hetero) is 1. The summed E-state index contributed by atoms with van der Waals surface area (Å²) in [5.41, 5.74) is 0.960. The summed E-state index contributed by atoms with van der Waals surface area (Å²) in [6.07, 6.45) is -1.42. The van der Waals surface area contributed by atoms with Gasteiger partial charge in [0.05, 0.1) is 29.6 Å². The number of sulfonamides is 1. The summed E-state index contributed by atoms with van der Waals surface area (Å²) in [7, 11) is -3.86. The van der Waals surface area contributed by atoms with Crippen LogP contribution in [0.2, 0.25) is 0 Å². The lowest BCUT2D eigenvalue weighted by Crippen LogP contribution is -2.51. The molecule has 1 aliphatic rings. The molecule has 1 fully saturated rings. The maximum atomic E-state index is 13.3. The Labute approximate surface area is 156 Å². The fraction of sp³-hybridized carbons (Fsp3) is 0.632. The highest BCUT2D eigenvalue weighted by Crippen LogP contribution is 2.34. The lowest BCUT2D eigenvalue weighted by atomic mass is 9.89. The van der Waals surface area contributed by atoms with Crippen molar-refractivity contribution in [1.29, 1.82) is 0 Å². The number of benzene rings is 1. The minimum absolute atomic E-state index is 0.165. The second-order valence-electron chi connectivity index (χ2n) is 7.31. The molecule has 1 N–H and O–H groups in total. The van der Waals surface area contributed by atoms with Gasteiger partial charge >= 0.3 is 0 Å². The first kappa shape index (κ1) is 21.0. The van der Waals surface area contributed by atoms with E-state index in [0.717, 1.165) is 5.56 Å². The van der Waals surface area contributed by atoms with Crippen molar-refractivity contribution in [3.05, 3.63) is 29.8 Å². The molecule has 6 nitrogen and oxygen atoms in total. The number of aliphatic hydroxyl groups excluding tert-OH is 1. The van der Waals surface area contributed by atoms with Gasteiger partial charge in [-0.25, -0.2) is 8.42 Å². The van der Waals surface area contributed by atoms with E-state index in [9.17, 15) is 18.3 Å². The molecule has 0 saturated carbocycles. The average Bonchev–Trinajstić information content (AvgIpc) is 2.99. The third kappa shape index (κ3) is 4.01. The van der Waals surface area contributed by atoms with Gasteiger partial charge in [0.15, 0.2) is 0 Å². The molecule has 0 aromatic heterocycles.